The second-order valence-corrected chi connectivity index (χ2v) is 17.3. The predicted molar refractivity (Wildman–Crippen MR) is 230 cm³/mol. The molecule has 0 aromatic carbocycles. The van der Waals surface area contributed by atoms with Gasteiger partial charge in [-0.15, -0.1) is 0 Å². The largest absolute Gasteiger partial charge is 0.472 e. The van der Waals surface area contributed by atoms with E-state index in [4.69, 9.17) is 18.5 Å². The van der Waals surface area contributed by atoms with Crippen LogP contribution in [0.15, 0.2) is 36.5 Å². The van der Waals surface area contributed by atoms with Crippen molar-refractivity contribution in [2.45, 2.75) is 224 Å². The minimum absolute atomic E-state index is 0.0834. The zero-order chi connectivity index (χ0) is 43.6. The van der Waals surface area contributed by atoms with Crippen molar-refractivity contribution in [1.82, 2.24) is 0 Å². The zero-order valence-corrected chi connectivity index (χ0v) is 37.2. The number of aliphatic hydroxyl groups is 5. The first-order chi connectivity index (χ1) is 28.4. The molecule has 0 aromatic heterocycles. The fourth-order valence-corrected chi connectivity index (χ4v) is 7.72. The molecule has 0 aliphatic heterocycles. The highest BCUT2D eigenvalue weighted by atomic mass is 31.2. The van der Waals surface area contributed by atoms with Crippen LogP contribution in [0.2, 0.25) is 0 Å². The molecule has 1 saturated carbocycles. The molecule has 0 heterocycles. The van der Waals surface area contributed by atoms with E-state index in [9.17, 15) is 44.6 Å². The van der Waals surface area contributed by atoms with Crippen LogP contribution in [-0.2, 0) is 32.7 Å². The second kappa shape index (κ2) is 35.6. The van der Waals surface area contributed by atoms with Gasteiger partial charge in [0.25, 0.3) is 0 Å². The lowest BCUT2D eigenvalue weighted by Gasteiger charge is -2.41. The summed E-state index contributed by atoms with van der Waals surface area (Å²) in [5.74, 6) is -1.13. The number of hydrogen-bond donors (Lipinski definition) is 6. The Hall–Kier alpha value is -1.93. The molecule has 14 heteroatoms. The van der Waals surface area contributed by atoms with E-state index < -0.39 is 75.7 Å². The number of phosphoric acid groups is 1. The van der Waals surface area contributed by atoms with Gasteiger partial charge in [0.1, 0.15) is 43.2 Å². The van der Waals surface area contributed by atoms with Crippen molar-refractivity contribution in [2.75, 3.05) is 13.2 Å². The normalized spacial score (nSPS) is 22.6. The lowest BCUT2D eigenvalue weighted by atomic mass is 9.85. The second-order valence-electron chi connectivity index (χ2n) is 15.9. The summed E-state index contributed by atoms with van der Waals surface area (Å²) >= 11 is 0. The molecule has 1 aliphatic carbocycles. The Morgan fingerprint density at radius 1 is 0.525 bits per heavy atom. The Morgan fingerprint density at radius 3 is 1.41 bits per heavy atom. The van der Waals surface area contributed by atoms with Crippen molar-refractivity contribution < 1.29 is 63.1 Å². The molecule has 8 atom stereocenters. The van der Waals surface area contributed by atoms with E-state index in [1.165, 1.54) is 64.2 Å². The highest BCUT2D eigenvalue weighted by Gasteiger charge is 2.51. The molecule has 6 N–H and O–H groups in total. The van der Waals surface area contributed by atoms with Gasteiger partial charge in [0, 0.05) is 12.8 Å². The molecule has 344 valence electrons. The molecule has 0 bridgehead atoms. The highest BCUT2D eigenvalue weighted by Crippen LogP contribution is 2.47. The van der Waals surface area contributed by atoms with Crippen LogP contribution >= 0.6 is 7.82 Å². The molecule has 6 unspecified atom stereocenters. The first kappa shape index (κ1) is 55.1. The summed E-state index contributed by atoms with van der Waals surface area (Å²) in [5, 5.41) is 50.1. The van der Waals surface area contributed by atoms with Crippen molar-refractivity contribution in [3.05, 3.63) is 36.5 Å². The molecule has 0 radical (unpaired) electrons. The molecule has 0 saturated heterocycles. The summed E-state index contributed by atoms with van der Waals surface area (Å²) in [6.45, 7) is 3.25. The third kappa shape index (κ3) is 28.3. The van der Waals surface area contributed by atoms with Crippen LogP contribution in [0.1, 0.15) is 181 Å². The quantitative estimate of drug-likeness (QED) is 0.0114. The number of ether oxygens (including phenoxy) is 2. The van der Waals surface area contributed by atoms with Gasteiger partial charge in [-0.1, -0.05) is 140 Å². The van der Waals surface area contributed by atoms with Crippen LogP contribution in [0.4, 0.5) is 0 Å². The summed E-state index contributed by atoms with van der Waals surface area (Å²) in [6.07, 6.45) is 26.2. The molecule has 0 aromatic rings. The van der Waals surface area contributed by atoms with Crippen LogP contribution in [0.5, 0.6) is 0 Å². The molecule has 0 spiro atoms. The average molecular weight is 861 g/mol. The molecular formula is C45H81O13P. The number of carbonyl (C=O) groups is 2. The van der Waals surface area contributed by atoms with Gasteiger partial charge in [-0.2, -0.15) is 0 Å². The Kier molecular flexibility index (Phi) is 33.3. The van der Waals surface area contributed by atoms with Gasteiger partial charge in [-0.05, 0) is 64.2 Å². The van der Waals surface area contributed by atoms with Gasteiger partial charge in [-0.25, -0.2) is 4.57 Å². The molecule has 1 fully saturated rings. The maximum absolute atomic E-state index is 12.8. The standard InChI is InChI=1S/C45H81O13P/c1-3-5-7-9-11-13-15-17-19-21-23-25-27-29-31-33-38(46)55-35-37(36-56-59(53,54)58-45-43(51)41(49)40(48)42(50)44(45)52)57-39(47)34-32-30-28-26-24-22-20-18-16-14-12-10-8-6-4-2/h13,15,17-20,37,40-45,48-52H,3-12,14,16,21-36H2,1-2H3,(H,53,54)/b15-13+,19-17+,20-18+/t37-,40?,41-,42?,43?,44?,45?/m1/s1. The number of esters is 2. The average Bonchev–Trinajstić information content (AvgIpc) is 3.21. The molecule has 0 amide bonds. The molecule has 1 rings (SSSR count). The Balaban J connectivity index is 2.49. The first-order valence-corrected chi connectivity index (χ1v) is 24.3. The summed E-state index contributed by atoms with van der Waals surface area (Å²) < 4.78 is 33.5. The van der Waals surface area contributed by atoms with Gasteiger partial charge in [0.05, 0.1) is 6.61 Å². The van der Waals surface area contributed by atoms with E-state index in [0.717, 1.165) is 77.0 Å². The summed E-state index contributed by atoms with van der Waals surface area (Å²) in [4.78, 5) is 35.7. The number of rotatable bonds is 37. The van der Waals surface area contributed by atoms with E-state index in [1.807, 2.05) is 0 Å². The topological polar surface area (TPSA) is 210 Å². The number of aliphatic hydroxyl groups excluding tert-OH is 5. The minimum atomic E-state index is -5.12. The number of allylic oxidation sites excluding steroid dienone is 6. The molecule has 13 nitrogen and oxygen atoms in total. The number of phosphoric ester groups is 1. The van der Waals surface area contributed by atoms with E-state index in [-0.39, 0.29) is 12.8 Å². The van der Waals surface area contributed by atoms with Crippen molar-refractivity contribution >= 4 is 19.8 Å². The third-order valence-corrected chi connectivity index (χ3v) is 11.5. The third-order valence-electron chi connectivity index (χ3n) is 10.5. The number of hydrogen-bond acceptors (Lipinski definition) is 12. The number of unbranched alkanes of at least 4 members (excludes halogenated alkanes) is 20. The highest BCUT2D eigenvalue weighted by molar-refractivity contribution is 7.47. The summed E-state index contributed by atoms with van der Waals surface area (Å²) in [5.41, 5.74) is 0. The lowest BCUT2D eigenvalue weighted by molar-refractivity contribution is -0.220. The van der Waals surface area contributed by atoms with E-state index >= 15 is 0 Å². The Labute approximate surface area is 355 Å². The predicted octanol–water partition coefficient (Wildman–Crippen LogP) is 8.61. The summed E-state index contributed by atoms with van der Waals surface area (Å²) in [7, 11) is -5.12. The zero-order valence-electron chi connectivity index (χ0n) is 36.3. The van der Waals surface area contributed by atoms with Gasteiger partial charge in [-0.3, -0.25) is 18.6 Å². The lowest BCUT2D eigenvalue weighted by Crippen LogP contribution is -2.64. The minimum Gasteiger partial charge on any atom is -0.462 e. The van der Waals surface area contributed by atoms with E-state index in [0.29, 0.717) is 12.8 Å². The van der Waals surface area contributed by atoms with Gasteiger partial charge in [0.15, 0.2) is 6.10 Å². The maximum Gasteiger partial charge on any atom is 0.472 e. The van der Waals surface area contributed by atoms with Gasteiger partial charge in [0.2, 0.25) is 0 Å². The van der Waals surface area contributed by atoms with Crippen molar-refractivity contribution in [2.24, 2.45) is 0 Å². The Morgan fingerprint density at radius 2 is 0.915 bits per heavy atom. The van der Waals surface area contributed by atoms with Crippen LogP contribution in [0.25, 0.3) is 0 Å². The van der Waals surface area contributed by atoms with E-state index in [1.54, 1.807) is 0 Å². The van der Waals surface area contributed by atoms with Crippen LogP contribution in [0, 0.1) is 0 Å². The number of carbonyl (C=O) groups excluding carboxylic acids is 2. The Bertz CT molecular complexity index is 1180. The van der Waals surface area contributed by atoms with Crippen molar-refractivity contribution in [1.29, 1.82) is 0 Å². The summed E-state index contributed by atoms with van der Waals surface area (Å²) in [6, 6.07) is 0. The fraction of sp³-hybridized carbons (Fsp3) is 0.822. The van der Waals surface area contributed by atoms with Crippen molar-refractivity contribution in [3.63, 3.8) is 0 Å². The van der Waals surface area contributed by atoms with E-state index in [2.05, 4.69) is 50.3 Å². The molecule has 59 heavy (non-hydrogen) atoms. The first-order valence-electron chi connectivity index (χ1n) is 22.8. The van der Waals surface area contributed by atoms with Crippen LogP contribution in [0.3, 0.4) is 0 Å². The van der Waals surface area contributed by atoms with Crippen LogP contribution < -0.4 is 0 Å². The molecular weight excluding hydrogens is 779 g/mol. The smallest absolute Gasteiger partial charge is 0.462 e. The van der Waals surface area contributed by atoms with Gasteiger partial charge < -0.3 is 39.9 Å². The maximum atomic E-state index is 12.8. The monoisotopic (exact) mass is 861 g/mol. The fourth-order valence-electron chi connectivity index (χ4n) is 6.74. The molecule has 1 aliphatic rings. The SMILES string of the molecule is CCCCCC/C=C/C=C/CCCCCCCC(=O)OC[C@H](COP(=O)(O)OC1C(O)C(O)C(O)[C@@H](O)C1O)OC(=O)CCCCCCC/C=C/CCCCCCCC. The van der Waals surface area contributed by atoms with Gasteiger partial charge >= 0.3 is 19.8 Å². The van der Waals surface area contributed by atoms with Crippen LogP contribution in [-0.4, -0.2) is 98.3 Å². The van der Waals surface area contributed by atoms with Crippen molar-refractivity contribution in [3.8, 4) is 0 Å².